The zero-order valence-electron chi connectivity index (χ0n) is 13.2. The number of fused-ring (bicyclic) bond motifs is 1. The van der Waals surface area contributed by atoms with Crippen LogP contribution in [0.25, 0.3) is 11.0 Å². The van der Waals surface area contributed by atoms with Crippen molar-refractivity contribution in [2.24, 2.45) is 0 Å². The standard InChI is InChI=1S/C17H21N5/c1-12-8-19-22(10-12)11-13(2)18-9-17-14(3)20-15-6-4-5-7-16(15)21-17/h4-8,10,13,18H,9,11H2,1-3H3. The molecule has 5 heteroatoms. The van der Waals surface area contributed by atoms with Gasteiger partial charge in [-0.05, 0) is 38.5 Å². The number of nitrogens with zero attached hydrogens (tertiary/aromatic N) is 4. The van der Waals surface area contributed by atoms with Crippen LogP contribution < -0.4 is 5.32 Å². The molecule has 114 valence electrons. The van der Waals surface area contributed by atoms with E-state index >= 15 is 0 Å². The number of rotatable bonds is 5. The molecular weight excluding hydrogens is 274 g/mol. The summed E-state index contributed by atoms with van der Waals surface area (Å²) in [5.74, 6) is 0. The summed E-state index contributed by atoms with van der Waals surface area (Å²) in [5, 5.41) is 7.82. The fraction of sp³-hybridized carbons (Fsp3) is 0.353. The van der Waals surface area contributed by atoms with Crippen LogP contribution in [0.4, 0.5) is 0 Å². The van der Waals surface area contributed by atoms with Gasteiger partial charge in [0.25, 0.3) is 0 Å². The Balaban J connectivity index is 1.66. The van der Waals surface area contributed by atoms with Crippen LogP contribution in [0, 0.1) is 13.8 Å². The minimum Gasteiger partial charge on any atom is -0.307 e. The van der Waals surface area contributed by atoms with Crippen molar-refractivity contribution >= 4 is 11.0 Å². The number of hydrogen-bond donors (Lipinski definition) is 1. The predicted octanol–water partition coefficient (Wildman–Crippen LogP) is 2.62. The van der Waals surface area contributed by atoms with Gasteiger partial charge in [-0.15, -0.1) is 0 Å². The van der Waals surface area contributed by atoms with E-state index in [0.29, 0.717) is 12.6 Å². The van der Waals surface area contributed by atoms with E-state index < -0.39 is 0 Å². The maximum atomic E-state index is 4.71. The van der Waals surface area contributed by atoms with Gasteiger partial charge in [0, 0.05) is 18.8 Å². The molecule has 3 rings (SSSR count). The van der Waals surface area contributed by atoms with E-state index in [0.717, 1.165) is 29.0 Å². The molecule has 0 aliphatic carbocycles. The van der Waals surface area contributed by atoms with Crippen molar-refractivity contribution in [3.63, 3.8) is 0 Å². The topological polar surface area (TPSA) is 55.6 Å². The molecule has 0 amide bonds. The molecule has 2 heterocycles. The van der Waals surface area contributed by atoms with Gasteiger partial charge < -0.3 is 5.32 Å². The quantitative estimate of drug-likeness (QED) is 0.786. The Morgan fingerprint density at radius 1 is 1.14 bits per heavy atom. The molecule has 22 heavy (non-hydrogen) atoms. The molecule has 1 unspecified atom stereocenters. The number of para-hydroxylation sites is 2. The van der Waals surface area contributed by atoms with Gasteiger partial charge in [-0.25, -0.2) is 9.97 Å². The van der Waals surface area contributed by atoms with Crippen LogP contribution in [-0.4, -0.2) is 25.8 Å². The minimum atomic E-state index is 0.312. The lowest BCUT2D eigenvalue weighted by molar-refractivity contribution is 0.448. The second kappa shape index (κ2) is 6.23. The first-order valence-corrected chi connectivity index (χ1v) is 7.56. The lowest BCUT2D eigenvalue weighted by Crippen LogP contribution is -2.30. The van der Waals surface area contributed by atoms with Crippen LogP contribution in [0.1, 0.15) is 23.9 Å². The van der Waals surface area contributed by atoms with Crippen molar-refractivity contribution in [2.45, 2.75) is 39.9 Å². The highest BCUT2D eigenvalue weighted by molar-refractivity contribution is 5.74. The minimum absolute atomic E-state index is 0.312. The van der Waals surface area contributed by atoms with Crippen LogP contribution in [0.3, 0.4) is 0 Å². The predicted molar refractivity (Wildman–Crippen MR) is 87.5 cm³/mol. The summed E-state index contributed by atoms with van der Waals surface area (Å²) in [6.45, 7) is 7.77. The molecule has 0 saturated heterocycles. The Morgan fingerprint density at radius 2 is 1.86 bits per heavy atom. The summed E-state index contributed by atoms with van der Waals surface area (Å²) in [5.41, 5.74) is 5.06. The Morgan fingerprint density at radius 3 is 2.55 bits per heavy atom. The van der Waals surface area contributed by atoms with Crippen molar-refractivity contribution in [1.29, 1.82) is 0 Å². The largest absolute Gasteiger partial charge is 0.307 e. The summed E-state index contributed by atoms with van der Waals surface area (Å²) >= 11 is 0. The fourth-order valence-corrected chi connectivity index (χ4v) is 2.48. The number of benzene rings is 1. The first-order chi connectivity index (χ1) is 10.6. The van der Waals surface area contributed by atoms with E-state index in [9.17, 15) is 0 Å². The van der Waals surface area contributed by atoms with Crippen molar-refractivity contribution in [3.05, 3.63) is 53.6 Å². The van der Waals surface area contributed by atoms with Gasteiger partial charge in [0.05, 0.1) is 35.2 Å². The Labute approximate surface area is 130 Å². The number of nitrogens with one attached hydrogen (secondary N) is 1. The molecule has 1 aromatic carbocycles. The van der Waals surface area contributed by atoms with E-state index in [-0.39, 0.29) is 0 Å². The Hall–Kier alpha value is -2.27. The Kier molecular flexibility index (Phi) is 4.15. The van der Waals surface area contributed by atoms with Gasteiger partial charge in [0.15, 0.2) is 0 Å². The van der Waals surface area contributed by atoms with E-state index in [1.165, 1.54) is 5.56 Å². The second-order valence-electron chi connectivity index (χ2n) is 5.77. The van der Waals surface area contributed by atoms with Gasteiger partial charge in [0.2, 0.25) is 0 Å². The monoisotopic (exact) mass is 295 g/mol. The van der Waals surface area contributed by atoms with Crippen LogP contribution >= 0.6 is 0 Å². The Bertz CT molecular complexity index is 778. The zero-order chi connectivity index (χ0) is 15.5. The van der Waals surface area contributed by atoms with Crippen molar-refractivity contribution in [2.75, 3.05) is 0 Å². The normalized spacial score (nSPS) is 12.7. The van der Waals surface area contributed by atoms with E-state index in [1.807, 2.05) is 42.1 Å². The second-order valence-corrected chi connectivity index (χ2v) is 5.77. The molecule has 0 aliphatic heterocycles. The molecule has 2 aromatic heterocycles. The molecule has 0 saturated carbocycles. The highest BCUT2D eigenvalue weighted by Gasteiger charge is 2.08. The zero-order valence-corrected chi connectivity index (χ0v) is 13.2. The lowest BCUT2D eigenvalue weighted by Gasteiger charge is -2.14. The van der Waals surface area contributed by atoms with Gasteiger partial charge in [-0.1, -0.05) is 12.1 Å². The molecule has 0 spiro atoms. The third kappa shape index (κ3) is 3.31. The SMILES string of the molecule is Cc1cnn(CC(C)NCc2nc3ccccc3nc2C)c1. The summed E-state index contributed by atoms with van der Waals surface area (Å²) < 4.78 is 1.96. The van der Waals surface area contributed by atoms with Gasteiger partial charge in [-0.3, -0.25) is 4.68 Å². The van der Waals surface area contributed by atoms with Gasteiger partial charge in [0.1, 0.15) is 0 Å². The van der Waals surface area contributed by atoms with E-state index in [2.05, 4.69) is 35.4 Å². The van der Waals surface area contributed by atoms with Crippen LogP contribution in [0.5, 0.6) is 0 Å². The van der Waals surface area contributed by atoms with Gasteiger partial charge >= 0.3 is 0 Å². The average Bonchev–Trinajstić information content (AvgIpc) is 2.90. The molecule has 0 fully saturated rings. The number of hydrogen-bond acceptors (Lipinski definition) is 4. The first-order valence-electron chi connectivity index (χ1n) is 7.56. The molecular formula is C17H21N5. The average molecular weight is 295 g/mol. The maximum Gasteiger partial charge on any atom is 0.0890 e. The summed E-state index contributed by atoms with van der Waals surface area (Å²) in [6.07, 6.45) is 3.94. The maximum absolute atomic E-state index is 4.71. The summed E-state index contributed by atoms with van der Waals surface area (Å²) in [4.78, 5) is 9.33. The van der Waals surface area contributed by atoms with Crippen molar-refractivity contribution in [3.8, 4) is 0 Å². The highest BCUT2D eigenvalue weighted by Crippen LogP contribution is 2.12. The molecule has 0 aliphatic rings. The van der Waals surface area contributed by atoms with E-state index in [1.54, 1.807) is 0 Å². The molecule has 1 atom stereocenters. The van der Waals surface area contributed by atoms with Crippen molar-refractivity contribution < 1.29 is 0 Å². The third-order valence-corrected chi connectivity index (χ3v) is 3.68. The highest BCUT2D eigenvalue weighted by atomic mass is 15.3. The van der Waals surface area contributed by atoms with Crippen molar-refractivity contribution in [1.82, 2.24) is 25.1 Å². The smallest absolute Gasteiger partial charge is 0.0890 e. The lowest BCUT2D eigenvalue weighted by atomic mass is 10.2. The first kappa shape index (κ1) is 14.7. The van der Waals surface area contributed by atoms with E-state index in [4.69, 9.17) is 4.98 Å². The molecule has 1 N–H and O–H groups in total. The van der Waals surface area contributed by atoms with Crippen LogP contribution in [-0.2, 0) is 13.1 Å². The number of aryl methyl sites for hydroxylation is 2. The molecule has 3 aromatic rings. The number of aromatic nitrogens is 4. The summed E-state index contributed by atoms with van der Waals surface area (Å²) in [6, 6.07) is 8.29. The van der Waals surface area contributed by atoms with Gasteiger partial charge in [-0.2, -0.15) is 5.10 Å². The fourth-order valence-electron chi connectivity index (χ4n) is 2.48. The molecule has 0 bridgehead atoms. The molecule has 5 nitrogen and oxygen atoms in total. The molecule has 0 radical (unpaired) electrons. The van der Waals surface area contributed by atoms with Crippen LogP contribution in [0.2, 0.25) is 0 Å². The summed E-state index contributed by atoms with van der Waals surface area (Å²) in [7, 11) is 0. The third-order valence-electron chi connectivity index (χ3n) is 3.68. The van der Waals surface area contributed by atoms with Crippen LogP contribution in [0.15, 0.2) is 36.7 Å².